The van der Waals surface area contributed by atoms with E-state index < -0.39 is 0 Å². The molecular formula is C25H31N3O2. The number of carbonyl (C=O) groups is 2. The summed E-state index contributed by atoms with van der Waals surface area (Å²) in [7, 11) is 0. The largest absolute Gasteiger partial charge is 0.353 e. The van der Waals surface area contributed by atoms with Crippen LogP contribution in [0.5, 0.6) is 0 Å². The molecule has 2 aliphatic heterocycles. The molecule has 0 unspecified atom stereocenters. The minimum atomic E-state index is -0.381. The van der Waals surface area contributed by atoms with Crippen LogP contribution in [0.3, 0.4) is 0 Å². The Hall–Kier alpha value is -2.66. The van der Waals surface area contributed by atoms with Gasteiger partial charge in [0.1, 0.15) is 0 Å². The van der Waals surface area contributed by atoms with Crippen molar-refractivity contribution in [3.63, 3.8) is 0 Å². The average Bonchev–Trinajstić information content (AvgIpc) is 2.78. The molecule has 2 aromatic rings. The molecule has 1 N–H and O–H groups in total. The molecule has 5 heteroatoms. The van der Waals surface area contributed by atoms with Crippen molar-refractivity contribution in [2.75, 3.05) is 26.2 Å². The number of hydrogen-bond donors (Lipinski definition) is 1. The highest BCUT2D eigenvalue weighted by atomic mass is 16.2. The van der Waals surface area contributed by atoms with E-state index in [0.29, 0.717) is 19.0 Å². The van der Waals surface area contributed by atoms with Crippen LogP contribution < -0.4 is 5.32 Å². The normalized spacial score (nSPS) is 20.7. The lowest BCUT2D eigenvalue weighted by molar-refractivity contribution is -0.140. The summed E-state index contributed by atoms with van der Waals surface area (Å²) in [5, 5.41) is 2.94. The van der Waals surface area contributed by atoms with E-state index in [2.05, 4.69) is 46.6 Å². The molecule has 158 valence electrons. The molecule has 2 saturated heterocycles. The van der Waals surface area contributed by atoms with Crippen molar-refractivity contribution >= 4 is 11.8 Å². The molecule has 0 saturated carbocycles. The van der Waals surface area contributed by atoms with E-state index in [9.17, 15) is 9.59 Å². The molecule has 0 bridgehead atoms. The molecule has 2 heterocycles. The lowest BCUT2D eigenvalue weighted by atomic mass is 9.90. The fourth-order valence-electron chi connectivity index (χ4n) is 4.62. The van der Waals surface area contributed by atoms with Crippen molar-refractivity contribution in [2.45, 2.75) is 38.3 Å². The topological polar surface area (TPSA) is 52.7 Å². The second-order valence-electron chi connectivity index (χ2n) is 8.48. The van der Waals surface area contributed by atoms with Crippen molar-refractivity contribution in [1.29, 1.82) is 0 Å². The standard InChI is InChI=1S/C25H31N3O2/c29-24(27-14-11-21(12-15-27)17-20-7-3-1-4-8-20)18-23-25(30)26-13-16-28(23)19-22-9-5-2-6-10-22/h1-10,21,23H,11-19H2,(H,26,30)/t23-/m1/s1. The number of nitrogens with one attached hydrogen (secondary N) is 1. The van der Waals surface area contributed by atoms with Crippen LogP contribution in [0.25, 0.3) is 0 Å². The summed E-state index contributed by atoms with van der Waals surface area (Å²) in [4.78, 5) is 29.6. The van der Waals surface area contributed by atoms with Crippen molar-refractivity contribution in [2.24, 2.45) is 5.92 Å². The van der Waals surface area contributed by atoms with Crippen molar-refractivity contribution in [3.8, 4) is 0 Å². The maximum absolute atomic E-state index is 13.0. The lowest BCUT2D eigenvalue weighted by Crippen LogP contribution is -2.56. The van der Waals surface area contributed by atoms with Gasteiger partial charge in [-0.05, 0) is 36.3 Å². The molecule has 0 aliphatic carbocycles. The van der Waals surface area contributed by atoms with E-state index in [1.165, 1.54) is 11.1 Å². The number of benzene rings is 2. The number of amides is 2. The number of rotatable bonds is 6. The Morgan fingerprint density at radius 2 is 1.53 bits per heavy atom. The summed E-state index contributed by atoms with van der Waals surface area (Å²) in [6, 6.07) is 20.4. The SMILES string of the molecule is O=C1NCCN(Cc2ccccc2)[C@@H]1CC(=O)N1CCC(Cc2ccccc2)CC1. The minimum absolute atomic E-state index is 0.0236. The number of hydrogen-bond acceptors (Lipinski definition) is 3. The summed E-state index contributed by atoms with van der Waals surface area (Å²) in [6.07, 6.45) is 3.41. The van der Waals surface area contributed by atoms with Crippen molar-refractivity contribution in [3.05, 3.63) is 71.8 Å². The molecule has 5 nitrogen and oxygen atoms in total. The van der Waals surface area contributed by atoms with Crippen LogP contribution in [-0.2, 0) is 22.6 Å². The van der Waals surface area contributed by atoms with Crippen LogP contribution in [0.2, 0.25) is 0 Å². The van der Waals surface area contributed by atoms with Gasteiger partial charge in [-0.2, -0.15) is 0 Å². The van der Waals surface area contributed by atoms with Crippen molar-refractivity contribution in [1.82, 2.24) is 15.1 Å². The first kappa shape index (κ1) is 20.6. The molecule has 4 rings (SSSR count). The molecular weight excluding hydrogens is 374 g/mol. The van der Waals surface area contributed by atoms with Crippen molar-refractivity contribution < 1.29 is 9.59 Å². The highest BCUT2D eigenvalue weighted by molar-refractivity contribution is 5.88. The predicted octanol–water partition coefficient (Wildman–Crippen LogP) is 2.86. The fourth-order valence-corrected chi connectivity index (χ4v) is 4.62. The molecule has 2 fully saturated rings. The van der Waals surface area contributed by atoms with E-state index in [-0.39, 0.29) is 24.3 Å². The molecule has 2 aromatic carbocycles. The van der Waals surface area contributed by atoms with Gasteiger partial charge in [0.2, 0.25) is 11.8 Å². The van der Waals surface area contributed by atoms with Gasteiger partial charge in [-0.15, -0.1) is 0 Å². The van der Waals surface area contributed by atoms with E-state index in [1.54, 1.807) is 0 Å². The second kappa shape index (κ2) is 9.90. The molecule has 0 aromatic heterocycles. The molecule has 1 atom stereocenters. The number of likely N-dealkylation sites (tertiary alicyclic amines) is 1. The number of carbonyl (C=O) groups excluding carboxylic acids is 2. The number of nitrogens with zero attached hydrogens (tertiary/aromatic N) is 2. The maximum Gasteiger partial charge on any atom is 0.237 e. The van der Waals surface area contributed by atoms with Gasteiger partial charge in [-0.1, -0.05) is 60.7 Å². The Morgan fingerprint density at radius 3 is 2.20 bits per heavy atom. The molecule has 30 heavy (non-hydrogen) atoms. The van der Waals surface area contributed by atoms with Gasteiger partial charge in [0, 0.05) is 32.7 Å². The van der Waals surface area contributed by atoms with Crippen LogP contribution in [0.4, 0.5) is 0 Å². The van der Waals surface area contributed by atoms with Gasteiger partial charge in [-0.3, -0.25) is 14.5 Å². The van der Waals surface area contributed by atoms with Crippen LogP contribution in [0.1, 0.15) is 30.4 Å². The lowest BCUT2D eigenvalue weighted by Gasteiger charge is -2.37. The van der Waals surface area contributed by atoms with E-state index in [0.717, 1.165) is 38.9 Å². The third kappa shape index (κ3) is 5.28. The van der Waals surface area contributed by atoms with Gasteiger partial charge in [0.05, 0.1) is 12.5 Å². The van der Waals surface area contributed by atoms with E-state index in [4.69, 9.17) is 0 Å². The fraction of sp³-hybridized carbons (Fsp3) is 0.440. The predicted molar refractivity (Wildman–Crippen MR) is 118 cm³/mol. The summed E-state index contributed by atoms with van der Waals surface area (Å²) >= 11 is 0. The van der Waals surface area contributed by atoms with Gasteiger partial charge < -0.3 is 10.2 Å². The Morgan fingerprint density at radius 1 is 0.900 bits per heavy atom. The van der Waals surface area contributed by atoms with Gasteiger partial charge in [-0.25, -0.2) is 0 Å². The molecule has 2 aliphatic rings. The Bertz CT molecular complexity index is 832. The summed E-state index contributed by atoms with van der Waals surface area (Å²) in [5.41, 5.74) is 2.55. The summed E-state index contributed by atoms with van der Waals surface area (Å²) in [5.74, 6) is 0.710. The first-order valence-corrected chi connectivity index (χ1v) is 11.1. The highest BCUT2D eigenvalue weighted by Crippen LogP contribution is 2.23. The number of piperazine rings is 1. The maximum atomic E-state index is 13.0. The Kier molecular flexibility index (Phi) is 6.80. The molecule has 2 amide bonds. The van der Waals surface area contributed by atoms with Gasteiger partial charge in [0.25, 0.3) is 0 Å². The van der Waals surface area contributed by atoms with Gasteiger partial charge in [0.15, 0.2) is 0 Å². The smallest absolute Gasteiger partial charge is 0.237 e. The van der Waals surface area contributed by atoms with Crippen LogP contribution in [0, 0.1) is 5.92 Å². The van der Waals surface area contributed by atoms with Gasteiger partial charge >= 0.3 is 0 Å². The van der Waals surface area contributed by atoms with Crippen LogP contribution in [0.15, 0.2) is 60.7 Å². The zero-order valence-corrected chi connectivity index (χ0v) is 17.5. The monoisotopic (exact) mass is 405 g/mol. The Balaban J connectivity index is 1.31. The molecule has 0 spiro atoms. The van der Waals surface area contributed by atoms with E-state index >= 15 is 0 Å². The minimum Gasteiger partial charge on any atom is -0.353 e. The first-order valence-electron chi connectivity index (χ1n) is 11.1. The zero-order chi connectivity index (χ0) is 20.8. The zero-order valence-electron chi connectivity index (χ0n) is 17.5. The summed E-state index contributed by atoms with van der Waals surface area (Å²) in [6.45, 7) is 3.71. The average molecular weight is 406 g/mol. The second-order valence-corrected chi connectivity index (χ2v) is 8.48. The third-order valence-electron chi connectivity index (χ3n) is 6.37. The van der Waals surface area contributed by atoms with E-state index in [1.807, 2.05) is 29.2 Å². The highest BCUT2D eigenvalue weighted by Gasteiger charge is 2.33. The Labute approximate surface area is 179 Å². The van der Waals surface area contributed by atoms with Crippen LogP contribution in [-0.4, -0.2) is 53.8 Å². The number of piperidine rings is 1. The van der Waals surface area contributed by atoms with Crippen LogP contribution >= 0.6 is 0 Å². The quantitative estimate of drug-likeness (QED) is 0.804. The molecule has 0 radical (unpaired) electrons. The third-order valence-corrected chi connectivity index (χ3v) is 6.37. The summed E-state index contributed by atoms with van der Waals surface area (Å²) < 4.78 is 0. The first-order chi connectivity index (χ1) is 14.7.